The van der Waals surface area contributed by atoms with Crippen molar-refractivity contribution < 1.29 is 9.90 Å². The molecule has 0 heterocycles. The molecular formula is C14H18N2O2. The zero-order valence-corrected chi connectivity index (χ0v) is 10.8. The number of hydrogen-bond acceptors (Lipinski definition) is 3. The van der Waals surface area contributed by atoms with Gasteiger partial charge in [0.15, 0.2) is 0 Å². The molecule has 0 saturated heterocycles. The normalized spacial score (nSPS) is 12.1. The maximum Gasteiger partial charge on any atom is 0.317 e. The van der Waals surface area contributed by atoms with Crippen LogP contribution in [0.4, 0.5) is 0 Å². The molecule has 1 unspecified atom stereocenters. The maximum absolute atomic E-state index is 10.8. The van der Waals surface area contributed by atoms with Gasteiger partial charge in [0.25, 0.3) is 0 Å². The van der Waals surface area contributed by atoms with Crippen molar-refractivity contribution in [2.24, 2.45) is 0 Å². The van der Waals surface area contributed by atoms with E-state index < -0.39 is 5.97 Å². The van der Waals surface area contributed by atoms with Gasteiger partial charge in [0.2, 0.25) is 0 Å². The van der Waals surface area contributed by atoms with Gasteiger partial charge in [-0.2, -0.15) is 5.26 Å². The predicted octanol–water partition coefficient (Wildman–Crippen LogP) is 2.42. The molecule has 0 aliphatic heterocycles. The molecule has 1 rings (SSSR count). The summed E-state index contributed by atoms with van der Waals surface area (Å²) in [7, 11) is 0. The molecule has 0 amide bonds. The molecule has 0 aliphatic rings. The molecule has 96 valence electrons. The number of carboxylic acids is 1. The van der Waals surface area contributed by atoms with E-state index in [1.807, 2.05) is 30.9 Å². The van der Waals surface area contributed by atoms with Gasteiger partial charge in [0, 0.05) is 6.04 Å². The molecule has 4 nitrogen and oxygen atoms in total. The van der Waals surface area contributed by atoms with Crippen molar-refractivity contribution in [2.45, 2.75) is 26.3 Å². The van der Waals surface area contributed by atoms with E-state index >= 15 is 0 Å². The Balaban J connectivity index is 2.83. The maximum atomic E-state index is 10.8. The molecule has 0 saturated carbocycles. The Kier molecular flexibility index (Phi) is 5.34. The van der Waals surface area contributed by atoms with E-state index in [9.17, 15) is 4.79 Å². The number of benzene rings is 1. The molecule has 0 spiro atoms. The minimum atomic E-state index is -0.816. The summed E-state index contributed by atoms with van der Waals surface area (Å²) < 4.78 is 0. The quantitative estimate of drug-likeness (QED) is 0.837. The highest BCUT2D eigenvalue weighted by Gasteiger charge is 2.17. The fourth-order valence-electron chi connectivity index (χ4n) is 1.92. The third kappa shape index (κ3) is 3.86. The monoisotopic (exact) mass is 246 g/mol. The van der Waals surface area contributed by atoms with Gasteiger partial charge in [-0.1, -0.05) is 19.1 Å². The highest BCUT2D eigenvalue weighted by molar-refractivity contribution is 5.69. The number of rotatable bonds is 6. The lowest BCUT2D eigenvalue weighted by Crippen LogP contribution is -2.33. The van der Waals surface area contributed by atoms with Crippen LogP contribution in [0.3, 0.4) is 0 Å². The minimum absolute atomic E-state index is 0.0359. The molecule has 4 heteroatoms. The van der Waals surface area contributed by atoms with Crippen LogP contribution in [0.25, 0.3) is 0 Å². The standard InChI is InChI=1S/C14H18N2O2/c1-3-8-16(10-14(17)18)11(2)13-6-4-12(9-15)5-7-13/h4-7,11H,3,8,10H2,1-2H3,(H,17,18). The predicted molar refractivity (Wildman–Crippen MR) is 69.1 cm³/mol. The second kappa shape index (κ2) is 6.77. The van der Waals surface area contributed by atoms with Gasteiger partial charge >= 0.3 is 5.97 Å². The van der Waals surface area contributed by atoms with Crippen molar-refractivity contribution in [2.75, 3.05) is 13.1 Å². The van der Waals surface area contributed by atoms with Crippen molar-refractivity contribution in [3.63, 3.8) is 0 Å². The second-order valence-corrected chi connectivity index (χ2v) is 4.27. The first-order chi connectivity index (χ1) is 8.58. The number of carbonyl (C=O) groups is 1. The van der Waals surface area contributed by atoms with Gasteiger partial charge in [0.05, 0.1) is 18.2 Å². The Bertz CT molecular complexity index is 434. The van der Waals surface area contributed by atoms with Crippen LogP contribution in [0.15, 0.2) is 24.3 Å². The van der Waals surface area contributed by atoms with Crippen LogP contribution in [0.2, 0.25) is 0 Å². The highest BCUT2D eigenvalue weighted by atomic mass is 16.4. The fourth-order valence-corrected chi connectivity index (χ4v) is 1.92. The van der Waals surface area contributed by atoms with Crippen LogP contribution in [0, 0.1) is 11.3 Å². The van der Waals surface area contributed by atoms with E-state index in [2.05, 4.69) is 6.07 Å². The van der Waals surface area contributed by atoms with Crippen molar-refractivity contribution >= 4 is 5.97 Å². The largest absolute Gasteiger partial charge is 0.480 e. The van der Waals surface area contributed by atoms with Gasteiger partial charge < -0.3 is 5.11 Å². The van der Waals surface area contributed by atoms with E-state index in [1.54, 1.807) is 12.1 Å². The smallest absolute Gasteiger partial charge is 0.317 e. The first-order valence-corrected chi connectivity index (χ1v) is 6.04. The van der Waals surface area contributed by atoms with Crippen molar-refractivity contribution in [1.29, 1.82) is 5.26 Å². The summed E-state index contributed by atoms with van der Waals surface area (Å²) in [6.07, 6.45) is 0.911. The summed E-state index contributed by atoms with van der Waals surface area (Å²) >= 11 is 0. The molecule has 0 bridgehead atoms. The molecule has 0 aromatic heterocycles. The van der Waals surface area contributed by atoms with Gasteiger partial charge in [0.1, 0.15) is 0 Å². The lowest BCUT2D eigenvalue weighted by atomic mass is 10.0. The van der Waals surface area contributed by atoms with Gasteiger partial charge in [-0.15, -0.1) is 0 Å². The first-order valence-electron chi connectivity index (χ1n) is 6.04. The van der Waals surface area contributed by atoms with Crippen molar-refractivity contribution in [3.8, 4) is 6.07 Å². The van der Waals surface area contributed by atoms with Gasteiger partial charge in [-0.05, 0) is 37.6 Å². The Morgan fingerprint density at radius 2 is 2.06 bits per heavy atom. The molecule has 1 N–H and O–H groups in total. The third-order valence-corrected chi connectivity index (χ3v) is 2.92. The average Bonchev–Trinajstić information content (AvgIpc) is 2.37. The van der Waals surface area contributed by atoms with Crippen molar-refractivity contribution in [3.05, 3.63) is 35.4 Å². The summed E-state index contributed by atoms with van der Waals surface area (Å²) in [6.45, 7) is 4.79. The summed E-state index contributed by atoms with van der Waals surface area (Å²) in [5, 5.41) is 17.6. The van der Waals surface area contributed by atoms with E-state index in [1.165, 1.54) is 0 Å². The van der Waals surface area contributed by atoms with Crippen LogP contribution >= 0.6 is 0 Å². The van der Waals surface area contributed by atoms with Gasteiger partial charge in [-0.25, -0.2) is 0 Å². The van der Waals surface area contributed by atoms with Crippen LogP contribution in [-0.4, -0.2) is 29.1 Å². The zero-order chi connectivity index (χ0) is 13.5. The summed E-state index contributed by atoms with van der Waals surface area (Å²) in [4.78, 5) is 12.8. The third-order valence-electron chi connectivity index (χ3n) is 2.92. The number of nitrogens with zero attached hydrogens (tertiary/aromatic N) is 2. The summed E-state index contributed by atoms with van der Waals surface area (Å²) in [5.41, 5.74) is 1.65. The number of nitriles is 1. The lowest BCUT2D eigenvalue weighted by molar-refractivity contribution is -0.138. The van der Waals surface area contributed by atoms with E-state index in [0.29, 0.717) is 5.56 Å². The number of aliphatic carboxylic acids is 1. The van der Waals surface area contributed by atoms with Crippen LogP contribution < -0.4 is 0 Å². The molecular weight excluding hydrogens is 228 g/mol. The first kappa shape index (κ1) is 14.2. The summed E-state index contributed by atoms with van der Waals surface area (Å²) in [5.74, 6) is -0.816. The fraction of sp³-hybridized carbons (Fsp3) is 0.429. The topological polar surface area (TPSA) is 64.3 Å². The molecule has 0 radical (unpaired) electrons. The highest BCUT2D eigenvalue weighted by Crippen LogP contribution is 2.20. The SMILES string of the molecule is CCCN(CC(=O)O)C(C)c1ccc(C#N)cc1. The Morgan fingerprint density at radius 3 is 2.50 bits per heavy atom. The molecule has 1 atom stereocenters. The number of hydrogen-bond donors (Lipinski definition) is 1. The molecule has 1 aromatic rings. The Labute approximate surface area is 107 Å². The zero-order valence-electron chi connectivity index (χ0n) is 10.8. The van der Waals surface area contributed by atoms with Crippen LogP contribution in [-0.2, 0) is 4.79 Å². The average molecular weight is 246 g/mol. The lowest BCUT2D eigenvalue weighted by Gasteiger charge is -2.27. The Morgan fingerprint density at radius 1 is 1.44 bits per heavy atom. The van der Waals surface area contributed by atoms with E-state index in [-0.39, 0.29) is 12.6 Å². The van der Waals surface area contributed by atoms with Crippen molar-refractivity contribution in [1.82, 2.24) is 4.90 Å². The molecule has 18 heavy (non-hydrogen) atoms. The van der Waals surface area contributed by atoms with Gasteiger partial charge in [-0.3, -0.25) is 9.69 Å². The van der Waals surface area contributed by atoms with Crippen LogP contribution in [0.5, 0.6) is 0 Å². The van der Waals surface area contributed by atoms with Crippen LogP contribution in [0.1, 0.15) is 37.4 Å². The van der Waals surface area contributed by atoms with E-state index in [0.717, 1.165) is 18.5 Å². The minimum Gasteiger partial charge on any atom is -0.480 e. The molecule has 0 fully saturated rings. The number of carboxylic acid groups (broad SMARTS) is 1. The Hall–Kier alpha value is -1.86. The van der Waals surface area contributed by atoms with E-state index in [4.69, 9.17) is 10.4 Å². The molecule has 1 aromatic carbocycles. The molecule has 0 aliphatic carbocycles. The second-order valence-electron chi connectivity index (χ2n) is 4.27. The summed E-state index contributed by atoms with van der Waals surface area (Å²) in [6, 6.07) is 9.39.